The van der Waals surface area contributed by atoms with Crippen molar-refractivity contribution in [2.75, 3.05) is 0 Å². The summed E-state index contributed by atoms with van der Waals surface area (Å²) in [4.78, 5) is 18.3. The summed E-state index contributed by atoms with van der Waals surface area (Å²) in [5.41, 5.74) is 2.95. The van der Waals surface area contributed by atoms with E-state index < -0.39 is 5.97 Å². The molecule has 0 amide bonds. The van der Waals surface area contributed by atoms with Crippen LogP contribution >= 0.6 is 0 Å². The molecule has 0 aliphatic rings. The number of fused-ring (bicyclic) bond motifs is 1. The first-order valence-corrected chi connectivity index (χ1v) is 5.80. The highest BCUT2D eigenvalue weighted by molar-refractivity contribution is 5.76. The van der Waals surface area contributed by atoms with Crippen LogP contribution in [-0.2, 0) is 11.2 Å². The van der Waals surface area contributed by atoms with E-state index in [-0.39, 0.29) is 12.3 Å². The Hall–Kier alpha value is -1.84. The molecule has 0 spiro atoms. The summed E-state index contributed by atoms with van der Waals surface area (Å²) >= 11 is 0. The van der Waals surface area contributed by atoms with Crippen LogP contribution in [0.15, 0.2) is 18.2 Å². The second kappa shape index (κ2) is 4.57. The minimum atomic E-state index is -0.767. The Morgan fingerprint density at radius 2 is 2.29 bits per heavy atom. The number of nitrogens with one attached hydrogen (secondary N) is 1. The van der Waals surface area contributed by atoms with Gasteiger partial charge in [0.15, 0.2) is 0 Å². The molecule has 2 N–H and O–H groups in total. The number of hydrogen-bond acceptors (Lipinski definition) is 2. The SMILES string of the molecule is CCc1nc2ccc(C(C)CC(=O)O)cc2[nH]1. The number of carboxylic acids is 1. The van der Waals surface area contributed by atoms with Gasteiger partial charge in [0.1, 0.15) is 5.82 Å². The molecule has 1 aromatic carbocycles. The van der Waals surface area contributed by atoms with E-state index in [0.717, 1.165) is 28.8 Å². The van der Waals surface area contributed by atoms with Gasteiger partial charge < -0.3 is 10.1 Å². The lowest BCUT2D eigenvalue weighted by atomic mass is 9.97. The molecule has 17 heavy (non-hydrogen) atoms. The quantitative estimate of drug-likeness (QED) is 0.851. The predicted octanol–water partition coefficient (Wildman–Crippen LogP) is 2.70. The first-order valence-electron chi connectivity index (χ1n) is 5.80. The second-order valence-corrected chi connectivity index (χ2v) is 4.31. The van der Waals surface area contributed by atoms with Crippen LogP contribution in [0.2, 0.25) is 0 Å². The van der Waals surface area contributed by atoms with Crippen LogP contribution in [0.3, 0.4) is 0 Å². The fourth-order valence-corrected chi connectivity index (χ4v) is 1.93. The van der Waals surface area contributed by atoms with Crippen molar-refractivity contribution in [3.05, 3.63) is 29.6 Å². The molecule has 0 fully saturated rings. The van der Waals surface area contributed by atoms with Crippen molar-refractivity contribution in [2.24, 2.45) is 0 Å². The Morgan fingerprint density at radius 1 is 1.53 bits per heavy atom. The van der Waals surface area contributed by atoms with Gasteiger partial charge in [-0.25, -0.2) is 4.98 Å². The number of nitrogens with zero attached hydrogens (tertiary/aromatic N) is 1. The molecule has 0 aliphatic heterocycles. The lowest BCUT2D eigenvalue weighted by Crippen LogP contribution is -2.02. The predicted molar refractivity (Wildman–Crippen MR) is 66.1 cm³/mol. The minimum Gasteiger partial charge on any atom is -0.481 e. The molecule has 90 valence electrons. The summed E-state index contributed by atoms with van der Waals surface area (Å²) in [5, 5.41) is 8.78. The van der Waals surface area contributed by atoms with Gasteiger partial charge in [-0.05, 0) is 23.6 Å². The molecule has 2 rings (SSSR count). The van der Waals surface area contributed by atoms with E-state index in [1.165, 1.54) is 0 Å². The fourth-order valence-electron chi connectivity index (χ4n) is 1.93. The molecular weight excluding hydrogens is 216 g/mol. The van der Waals surface area contributed by atoms with Gasteiger partial charge in [-0.1, -0.05) is 19.9 Å². The fraction of sp³-hybridized carbons (Fsp3) is 0.385. The van der Waals surface area contributed by atoms with Crippen molar-refractivity contribution in [3.8, 4) is 0 Å². The molecule has 1 aromatic heterocycles. The molecule has 0 aliphatic carbocycles. The van der Waals surface area contributed by atoms with Crippen LogP contribution in [0.25, 0.3) is 11.0 Å². The van der Waals surface area contributed by atoms with Crippen LogP contribution < -0.4 is 0 Å². The van der Waals surface area contributed by atoms with Gasteiger partial charge in [-0.3, -0.25) is 4.79 Å². The summed E-state index contributed by atoms with van der Waals surface area (Å²) in [7, 11) is 0. The number of aliphatic carboxylic acids is 1. The monoisotopic (exact) mass is 232 g/mol. The van der Waals surface area contributed by atoms with Crippen LogP contribution in [0, 0.1) is 0 Å². The van der Waals surface area contributed by atoms with Crippen molar-refractivity contribution in [1.29, 1.82) is 0 Å². The van der Waals surface area contributed by atoms with E-state index in [9.17, 15) is 4.79 Å². The second-order valence-electron chi connectivity index (χ2n) is 4.31. The number of carbonyl (C=O) groups is 1. The molecule has 0 radical (unpaired) electrons. The Labute approximate surface area is 99.7 Å². The summed E-state index contributed by atoms with van der Waals surface area (Å²) < 4.78 is 0. The molecule has 2 aromatic rings. The third kappa shape index (κ3) is 2.46. The molecule has 1 heterocycles. The number of aryl methyl sites for hydroxylation is 1. The van der Waals surface area contributed by atoms with E-state index in [1.54, 1.807) is 0 Å². The molecule has 0 saturated carbocycles. The average molecular weight is 232 g/mol. The van der Waals surface area contributed by atoms with Crippen molar-refractivity contribution < 1.29 is 9.90 Å². The van der Waals surface area contributed by atoms with Crippen molar-refractivity contribution >= 4 is 17.0 Å². The number of H-pyrrole nitrogens is 1. The van der Waals surface area contributed by atoms with E-state index >= 15 is 0 Å². The van der Waals surface area contributed by atoms with Gasteiger partial charge >= 0.3 is 5.97 Å². The Kier molecular flexibility index (Phi) is 3.13. The number of hydrogen-bond donors (Lipinski definition) is 2. The van der Waals surface area contributed by atoms with Crippen LogP contribution in [-0.4, -0.2) is 21.0 Å². The number of aromatic nitrogens is 2. The van der Waals surface area contributed by atoms with Crippen LogP contribution in [0.4, 0.5) is 0 Å². The molecule has 0 bridgehead atoms. The maximum Gasteiger partial charge on any atom is 0.303 e. The zero-order valence-electron chi connectivity index (χ0n) is 10.0. The Bertz CT molecular complexity index is 545. The first-order chi connectivity index (χ1) is 8.10. The lowest BCUT2D eigenvalue weighted by Gasteiger charge is -2.08. The lowest BCUT2D eigenvalue weighted by molar-refractivity contribution is -0.137. The van der Waals surface area contributed by atoms with Crippen molar-refractivity contribution in [2.45, 2.75) is 32.6 Å². The standard InChI is InChI=1S/C13H16N2O2/c1-3-12-14-10-5-4-9(7-11(10)15-12)8(2)6-13(16)17/h4-5,7-8H,3,6H2,1-2H3,(H,14,15)(H,16,17). The van der Waals surface area contributed by atoms with E-state index in [4.69, 9.17) is 5.11 Å². The first kappa shape index (κ1) is 11.6. The van der Waals surface area contributed by atoms with Gasteiger partial charge in [0.2, 0.25) is 0 Å². The molecule has 4 nitrogen and oxygen atoms in total. The Morgan fingerprint density at radius 3 is 2.94 bits per heavy atom. The zero-order valence-corrected chi connectivity index (χ0v) is 10.0. The van der Waals surface area contributed by atoms with Gasteiger partial charge in [-0.15, -0.1) is 0 Å². The van der Waals surface area contributed by atoms with E-state index in [0.29, 0.717) is 0 Å². The third-order valence-corrected chi connectivity index (χ3v) is 2.94. The minimum absolute atomic E-state index is 0.0188. The largest absolute Gasteiger partial charge is 0.481 e. The van der Waals surface area contributed by atoms with Gasteiger partial charge in [0.05, 0.1) is 17.5 Å². The highest BCUT2D eigenvalue weighted by atomic mass is 16.4. The van der Waals surface area contributed by atoms with E-state index in [2.05, 4.69) is 9.97 Å². The van der Waals surface area contributed by atoms with Crippen LogP contribution in [0.5, 0.6) is 0 Å². The summed E-state index contributed by atoms with van der Waals surface area (Å²) in [6, 6.07) is 5.89. The summed E-state index contributed by atoms with van der Waals surface area (Å²) in [5.74, 6) is 0.213. The highest BCUT2D eigenvalue weighted by Crippen LogP contribution is 2.22. The summed E-state index contributed by atoms with van der Waals surface area (Å²) in [6.07, 6.45) is 1.02. The number of carboxylic acid groups (broad SMARTS) is 1. The smallest absolute Gasteiger partial charge is 0.303 e. The average Bonchev–Trinajstić information content (AvgIpc) is 2.69. The number of benzene rings is 1. The molecule has 1 atom stereocenters. The number of rotatable bonds is 4. The van der Waals surface area contributed by atoms with Gasteiger partial charge in [-0.2, -0.15) is 0 Å². The highest BCUT2D eigenvalue weighted by Gasteiger charge is 2.11. The molecule has 4 heteroatoms. The normalized spacial score (nSPS) is 12.8. The Balaban J connectivity index is 2.33. The van der Waals surface area contributed by atoms with E-state index in [1.807, 2.05) is 32.0 Å². The number of imidazole rings is 1. The third-order valence-electron chi connectivity index (χ3n) is 2.94. The molecule has 1 unspecified atom stereocenters. The van der Waals surface area contributed by atoms with Gasteiger partial charge in [0.25, 0.3) is 0 Å². The summed E-state index contributed by atoms with van der Waals surface area (Å²) in [6.45, 7) is 3.97. The van der Waals surface area contributed by atoms with Gasteiger partial charge in [0, 0.05) is 6.42 Å². The maximum absolute atomic E-state index is 10.7. The van der Waals surface area contributed by atoms with Crippen molar-refractivity contribution in [1.82, 2.24) is 9.97 Å². The molecular formula is C13H16N2O2. The molecule has 0 saturated heterocycles. The topological polar surface area (TPSA) is 66.0 Å². The van der Waals surface area contributed by atoms with Crippen LogP contribution in [0.1, 0.15) is 37.6 Å². The zero-order chi connectivity index (χ0) is 12.4. The van der Waals surface area contributed by atoms with Crippen molar-refractivity contribution in [3.63, 3.8) is 0 Å². The number of aromatic amines is 1. The maximum atomic E-state index is 10.7.